The van der Waals surface area contributed by atoms with E-state index in [4.69, 9.17) is 0 Å². The minimum atomic E-state index is -0.0487. The van der Waals surface area contributed by atoms with Gasteiger partial charge in [0.1, 0.15) is 0 Å². The van der Waals surface area contributed by atoms with E-state index in [0.29, 0.717) is 6.54 Å². The van der Waals surface area contributed by atoms with Crippen molar-refractivity contribution < 1.29 is 9.90 Å². The lowest BCUT2D eigenvalue weighted by Crippen LogP contribution is -2.42. The summed E-state index contributed by atoms with van der Waals surface area (Å²) < 4.78 is 0. The minimum absolute atomic E-state index is 0.0487. The molecule has 1 fully saturated rings. The third-order valence-electron chi connectivity index (χ3n) is 3.43. The fourth-order valence-corrected chi connectivity index (χ4v) is 3.12. The number of rotatable bonds is 3. The Morgan fingerprint density at radius 1 is 1.71 bits per heavy atom. The van der Waals surface area contributed by atoms with E-state index in [1.54, 1.807) is 11.3 Å². The smallest absolute Gasteiger partial charge is 0.230 e. The molecule has 3 nitrogen and oxygen atoms in total. The fraction of sp³-hybridized carbons (Fsp3) is 0.615. The van der Waals surface area contributed by atoms with Crippen LogP contribution in [0.2, 0.25) is 0 Å². The van der Waals surface area contributed by atoms with E-state index >= 15 is 0 Å². The fourth-order valence-electron chi connectivity index (χ4n) is 2.35. The Bertz CT molecular complexity index is 364. The topological polar surface area (TPSA) is 40.5 Å². The highest BCUT2D eigenvalue weighted by Crippen LogP contribution is 2.25. The molecule has 0 aliphatic carbocycles. The van der Waals surface area contributed by atoms with Crippen LogP contribution in [0, 0.1) is 5.92 Å². The van der Waals surface area contributed by atoms with Crippen molar-refractivity contribution in [2.24, 2.45) is 5.92 Å². The normalized spacial score (nSPS) is 22.5. The molecule has 0 aromatic carbocycles. The van der Waals surface area contributed by atoms with Crippen molar-refractivity contribution in [2.75, 3.05) is 19.7 Å². The Balaban J connectivity index is 1.99. The molecular weight excluding hydrogens is 234 g/mol. The zero-order chi connectivity index (χ0) is 12.3. The number of hydrogen-bond acceptors (Lipinski definition) is 3. The summed E-state index contributed by atoms with van der Waals surface area (Å²) in [6, 6.07) is 4.00. The van der Waals surface area contributed by atoms with Gasteiger partial charge in [-0.1, -0.05) is 6.07 Å². The Morgan fingerprint density at radius 3 is 3.18 bits per heavy atom. The molecule has 1 aliphatic heterocycles. The third kappa shape index (κ3) is 2.87. The van der Waals surface area contributed by atoms with E-state index in [2.05, 4.69) is 0 Å². The average molecular weight is 253 g/mol. The number of hydrogen-bond donors (Lipinski definition) is 1. The average Bonchev–Trinajstić information content (AvgIpc) is 2.91. The van der Waals surface area contributed by atoms with Crippen LogP contribution in [0.5, 0.6) is 0 Å². The summed E-state index contributed by atoms with van der Waals surface area (Å²) in [6.45, 7) is 3.71. The standard InChI is InChI=1S/C13H19NO2S/c1-10(12-5-3-7-17-12)13(16)14-6-2-4-11(8-14)9-15/h3,5,7,10-11,15H,2,4,6,8-9H2,1H3. The zero-order valence-electron chi connectivity index (χ0n) is 10.1. The molecule has 1 N–H and O–H groups in total. The summed E-state index contributed by atoms with van der Waals surface area (Å²) in [5.41, 5.74) is 0. The van der Waals surface area contributed by atoms with Crippen LogP contribution >= 0.6 is 11.3 Å². The van der Waals surface area contributed by atoms with Gasteiger partial charge in [-0.15, -0.1) is 11.3 Å². The summed E-state index contributed by atoms with van der Waals surface area (Å²) in [5, 5.41) is 11.2. The van der Waals surface area contributed by atoms with Crippen molar-refractivity contribution in [3.05, 3.63) is 22.4 Å². The van der Waals surface area contributed by atoms with E-state index in [1.807, 2.05) is 29.3 Å². The molecule has 1 aromatic rings. The van der Waals surface area contributed by atoms with Gasteiger partial charge in [-0.3, -0.25) is 4.79 Å². The molecule has 2 unspecified atom stereocenters. The second-order valence-corrected chi connectivity index (χ2v) is 5.69. The second-order valence-electron chi connectivity index (χ2n) is 4.71. The summed E-state index contributed by atoms with van der Waals surface area (Å²) in [4.78, 5) is 15.3. The van der Waals surface area contributed by atoms with Crippen molar-refractivity contribution in [3.63, 3.8) is 0 Å². The van der Waals surface area contributed by atoms with Crippen LogP contribution in [0.1, 0.15) is 30.6 Å². The van der Waals surface area contributed by atoms with Crippen LogP contribution in [0.4, 0.5) is 0 Å². The molecule has 0 saturated carbocycles. The van der Waals surface area contributed by atoms with E-state index in [-0.39, 0.29) is 24.3 Å². The summed E-state index contributed by atoms with van der Waals surface area (Å²) in [7, 11) is 0. The minimum Gasteiger partial charge on any atom is -0.396 e. The van der Waals surface area contributed by atoms with Crippen LogP contribution in [-0.2, 0) is 4.79 Å². The molecule has 17 heavy (non-hydrogen) atoms. The first-order valence-electron chi connectivity index (χ1n) is 6.15. The maximum atomic E-state index is 12.3. The van der Waals surface area contributed by atoms with Gasteiger partial charge >= 0.3 is 0 Å². The van der Waals surface area contributed by atoms with Crippen LogP contribution in [0.3, 0.4) is 0 Å². The van der Waals surface area contributed by atoms with Gasteiger partial charge in [-0.05, 0) is 37.1 Å². The van der Waals surface area contributed by atoms with Gasteiger partial charge in [0.15, 0.2) is 0 Å². The predicted octanol–water partition coefficient (Wildman–Crippen LogP) is 2.08. The summed E-state index contributed by atoms with van der Waals surface area (Å²) in [5.74, 6) is 0.418. The lowest BCUT2D eigenvalue weighted by Gasteiger charge is -2.33. The van der Waals surface area contributed by atoms with Gasteiger partial charge in [0, 0.05) is 24.6 Å². The van der Waals surface area contributed by atoms with Gasteiger partial charge < -0.3 is 10.0 Å². The van der Waals surface area contributed by atoms with Crippen molar-refractivity contribution >= 4 is 17.2 Å². The first kappa shape index (κ1) is 12.6. The number of nitrogens with zero attached hydrogens (tertiary/aromatic N) is 1. The zero-order valence-corrected chi connectivity index (χ0v) is 10.9. The molecule has 4 heteroatoms. The van der Waals surface area contributed by atoms with E-state index in [0.717, 1.165) is 24.3 Å². The number of carbonyl (C=O) groups excluding carboxylic acids is 1. The Hall–Kier alpha value is -0.870. The molecule has 0 bridgehead atoms. The molecule has 1 aliphatic rings. The van der Waals surface area contributed by atoms with Crippen LogP contribution in [0.25, 0.3) is 0 Å². The molecule has 2 atom stereocenters. The quantitative estimate of drug-likeness (QED) is 0.896. The first-order chi connectivity index (χ1) is 8.22. The van der Waals surface area contributed by atoms with Crippen molar-refractivity contribution in [3.8, 4) is 0 Å². The predicted molar refractivity (Wildman–Crippen MR) is 69.1 cm³/mol. The van der Waals surface area contributed by atoms with Crippen molar-refractivity contribution in [2.45, 2.75) is 25.7 Å². The van der Waals surface area contributed by atoms with Gasteiger partial charge in [-0.2, -0.15) is 0 Å². The number of aliphatic hydroxyl groups excluding tert-OH is 1. The molecule has 2 heterocycles. The van der Waals surface area contributed by atoms with Crippen molar-refractivity contribution in [1.82, 2.24) is 4.90 Å². The molecule has 2 rings (SSSR count). The monoisotopic (exact) mass is 253 g/mol. The van der Waals surface area contributed by atoms with Gasteiger partial charge in [-0.25, -0.2) is 0 Å². The molecule has 94 valence electrons. The van der Waals surface area contributed by atoms with Crippen LogP contribution < -0.4 is 0 Å². The summed E-state index contributed by atoms with van der Waals surface area (Å²) >= 11 is 1.63. The number of piperidine rings is 1. The molecule has 1 saturated heterocycles. The molecule has 1 amide bonds. The lowest BCUT2D eigenvalue weighted by atomic mass is 9.97. The number of amides is 1. The van der Waals surface area contributed by atoms with E-state index < -0.39 is 0 Å². The van der Waals surface area contributed by atoms with Gasteiger partial charge in [0.2, 0.25) is 5.91 Å². The highest BCUT2D eigenvalue weighted by Gasteiger charge is 2.27. The highest BCUT2D eigenvalue weighted by molar-refractivity contribution is 7.10. The number of thiophene rings is 1. The number of likely N-dealkylation sites (tertiary alicyclic amines) is 1. The van der Waals surface area contributed by atoms with Gasteiger partial charge in [0.25, 0.3) is 0 Å². The maximum absolute atomic E-state index is 12.3. The Morgan fingerprint density at radius 2 is 2.53 bits per heavy atom. The molecular formula is C13H19NO2S. The number of carbonyl (C=O) groups is 1. The molecule has 1 aromatic heterocycles. The Kier molecular flexibility index (Phi) is 4.18. The molecule has 0 spiro atoms. The third-order valence-corrected chi connectivity index (χ3v) is 4.48. The maximum Gasteiger partial charge on any atom is 0.230 e. The second kappa shape index (κ2) is 5.65. The van der Waals surface area contributed by atoms with E-state index in [9.17, 15) is 9.90 Å². The van der Waals surface area contributed by atoms with Crippen molar-refractivity contribution in [1.29, 1.82) is 0 Å². The van der Waals surface area contributed by atoms with E-state index in [1.165, 1.54) is 0 Å². The van der Waals surface area contributed by atoms with Crippen LogP contribution in [0.15, 0.2) is 17.5 Å². The highest BCUT2D eigenvalue weighted by atomic mass is 32.1. The molecule has 0 radical (unpaired) electrons. The SMILES string of the molecule is CC(C(=O)N1CCCC(CO)C1)c1cccs1. The number of aliphatic hydroxyl groups is 1. The van der Waals surface area contributed by atoms with Gasteiger partial charge in [0.05, 0.1) is 5.92 Å². The Labute approximate surface area is 106 Å². The van der Waals surface area contributed by atoms with Crippen LogP contribution in [-0.4, -0.2) is 35.6 Å². The first-order valence-corrected chi connectivity index (χ1v) is 7.03. The largest absolute Gasteiger partial charge is 0.396 e. The lowest BCUT2D eigenvalue weighted by molar-refractivity contribution is -0.134. The summed E-state index contributed by atoms with van der Waals surface area (Å²) in [6.07, 6.45) is 2.04.